The summed E-state index contributed by atoms with van der Waals surface area (Å²) in [4.78, 5) is 17.4. The van der Waals surface area contributed by atoms with Gasteiger partial charge >= 0.3 is 0 Å². The third-order valence-corrected chi connectivity index (χ3v) is 3.32. The van der Waals surface area contributed by atoms with Gasteiger partial charge in [0, 0.05) is 55.9 Å². The molecule has 3 aromatic rings. The van der Waals surface area contributed by atoms with E-state index in [2.05, 4.69) is 30.6 Å². The van der Waals surface area contributed by atoms with Crippen molar-refractivity contribution >= 4 is 11.8 Å². The minimum Gasteiger partial charge on any atom is -0.369 e. The summed E-state index contributed by atoms with van der Waals surface area (Å²) in [7, 11) is 1.81. The molecule has 0 spiro atoms. The highest BCUT2D eigenvalue weighted by Gasteiger charge is 2.06. The van der Waals surface area contributed by atoms with E-state index in [4.69, 9.17) is 0 Å². The molecule has 0 fully saturated rings. The van der Waals surface area contributed by atoms with Crippen molar-refractivity contribution in [3.05, 3.63) is 60.7 Å². The molecular weight excluding hydrogens is 288 g/mol. The van der Waals surface area contributed by atoms with Crippen LogP contribution in [-0.2, 0) is 6.42 Å². The molecule has 0 amide bonds. The molecule has 0 saturated heterocycles. The van der Waals surface area contributed by atoms with Gasteiger partial charge in [-0.05, 0) is 24.3 Å². The molecule has 3 rings (SSSR count). The Kier molecular flexibility index (Phi) is 4.73. The lowest BCUT2D eigenvalue weighted by molar-refractivity contribution is 0.951. The number of pyridine rings is 2. The first-order chi connectivity index (χ1) is 11.3. The lowest BCUT2D eigenvalue weighted by Gasteiger charge is -2.09. The lowest BCUT2D eigenvalue weighted by Crippen LogP contribution is -2.09. The summed E-state index contributed by atoms with van der Waals surface area (Å²) in [5.74, 6) is 1.35. The number of nitrogens with one attached hydrogen (secondary N) is 2. The smallest absolute Gasteiger partial charge is 0.224 e. The molecule has 0 aliphatic rings. The minimum atomic E-state index is 0.576. The minimum absolute atomic E-state index is 0.576. The molecule has 0 unspecified atom stereocenters. The molecule has 0 atom stereocenters. The van der Waals surface area contributed by atoms with E-state index in [-0.39, 0.29) is 0 Å². The Balaban J connectivity index is 1.74. The van der Waals surface area contributed by atoms with Crippen LogP contribution in [0.3, 0.4) is 0 Å². The molecule has 0 saturated carbocycles. The van der Waals surface area contributed by atoms with Gasteiger partial charge in [0.25, 0.3) is 0 Å². The van der Waals surface area contributed by atoms with E-state index < -0.39 is 0 Å². The highest BCUT2D eigenvalue weighted by Crippen LogP contribution is 2.20. The van der Waals surface area contributed by atoms with Crippen LogP contribution in [0.2, 0.25) is 0 Å². The fourth-order valence-corrected chi connectivity index (χ4v) is 2.18. The Labute approximate surface area is 135 Å². The fraction of sp³-hybridized carbons (Fsp3) is 0.176. The number of anilines is 2. The predicted molar refractivity (Wildman–Crippen MR) is 91.2 cm³/mol. The molecular formula is C17H18N6. The van der Waals surface area contributed by atoms with Crippen LogP contribution in [0.1, 0.15) is 5.69 Å². The Hall–Kier alpha value is -3.02. The summed E-state index contributed by atoms with van der Waals surface area (Å²) in [6, 6.07) is 11.7. The Morgan fingerprint density at radius 2 is 2.00 bits per heavy atom. The van der Waals surface area contributed by atoms with E-state index in [0.29, 0.717) is 5.95 Å². The third kappa shape index (κ3) is 4.00. The number of hydrogen-bond acceptors (Lipinski definition) is 6. The Morgan fingerprint density at radius 1 is 1.04 bits per heavy atom. The summed E-state index contributed by atoms with van der Waals surface area (Å²) >= 11 is 0. The first-order valence-electron chi connectivity index (χ1n) is 7.46. The molecule has 2 N–H and O–H groups in total. The SMILES string of the molecule is CNc1nc(NCCc2ccccn2)cc(-c2cccnc2)n1. The van der Waals surface area contributed by atoms with Gasteiger partial charge in [0.2, 0.25) is 5.95 Å². The van der Waals surface area contributed by atoms with E-state index in [9.17, 15) is 0 Å². The molecule has 0 aliphatic carbocycles. The van der Waals surface area contributed by atoms with Crippen molar-refractivity contribution in [1.29, 1.82) is 0 Å². The largest absolute Gasteiger partial charge is 0.369 e. The number of rotatable bonds is 6. The van der Waals surface area contributed by atoms with Gasteiger partial charge in [-0.3, -0.25) is 9.97 Å². The zero-order valence-electron chi connectivity index (χ0n) is 12.9. The third-order valence-electron chi connectivity index (χ3n) is 3.32. The first kappa shape index (κ1) is 14.9. The number of aromatic nitrogens is 4. The van der Waals surface area contributed by atoms with Crippen LogP contribution in [0.15, 0.2) is 55.0 Å². The van der Waals surface area contributed by atoms with Crippen molar-refractivity contribution in [1.82, 2.24) is 19.9 Å². The number of nitrogens with zero attached hydrogens (tertiary/aromatic N) is 4. The maximum Gasteiger partial charge on any atom is 0.224 e. The van der Waals surface area contributed by atoms with Crippen molar-refractivity contribution in [2.75, 3.05) is 24.2 Å². The van der Waals surface area contributed by atoms with Gasteiger partial charge in [-0.25, -0.2) is 4.98 Å². The summed E-state index contributed by atoms with van der Waals surface area (Å²) in [6.45, 7) is 0.754. The van der Waals surface area contributed by atoms with Crippen LogP contribution in [0, 0.1) is 0 Å². The van der Waals surface area contributed by atoms with Crippen LogP contribution >= 0.6 is 0 Å². The summed E-state index contributed by atoms with van der Waals surface area (Å²) in [5, 5.41) is 6.32. The van der Waals surface area contributed by atoms with E-state index in [1.165, 1.54) is 0 Å². The highest BCUT2D eigenvalue weighted by atomic mass is 15.1. The second kappa shape index (κ2) is 7.31. The normalized spacial score (nSPS) is 10.3. The van der Waals surface area contributed by atoms with E-state index in [1.807, 2.05) is 36.4 Å². The molecule has 6 heteroatoms. The van der Waals surface area contributed by atoms with Gasteiger partial charge in [-0.2, -0.15) is 4.98 Å². The molecule has 116 valence electrons. The van der Waals surface area contributed by atoms with Crippen molar-refractivity contribution in [2.45, 2.75) is 6.42 Å². The molecule has 3 aromatic heterocycles. The number of hydrogen-bond donors (Lipinski definition) is 2. The van der Waals surface area contributed by atoms with Crippen LogP contribution in [-0.4, -0.2) is 33.5 Å². The summed E-state index contributed by atoms with van der Waals surface area (Å²) in [5.41, 5.74) is 2.84. The topological polar surface area (TPSA) is 75.6 Å². The van der Waals surface area contributed by atoms with E-state index in [1.54, 1.807) is 25.6 Å². The second-order valence-corrected chi connectivity index (χ2v) is 4.95. The highest BCUT2D eigenvalue weighted by molar-refractivity contribution is 5.63. The standard InChI is InChI=1S/C17H18N6/c1-18-17-22-15(13-5-4-8-19-12-13)11-16(23-17)21-10-7-14-6-2-3-9-20-14/h2-6,8-9,11-12H,7,10H2,1H3,(H2,18,21,22,23). The maximum atomic E-state index is 4.47. The van der Waals surface area contributed by atoms with Crippen molar-refractivity contribution in [2.24, 2.45) is 0 Å². The molecule has 0 aliphatic heterocycles. The van der Waals surface area contributed by atoms with Gasteiger partial charge in [0.15, 0.2) is 0 Å². The molecule has 0 bridgehead atoms. The van der Waals surface area contributed by atoms with Gasteiger partial charge in [0.05, 0.1) is 5.69 Å². The summed E-state index contributed by atoms with van der Waals surface area (Å²) in [6.07, 6.45) is 6.18. The first-order valence-corrected chi connectivity index (χ1v) is 7.46. The van der Waals surface area contributed by atoms with Crippen LogP contribution in [0.5, 0.6) is 0 Å². The maximum absolute atomic E-state index is 4.47. The lowest BCUT2D eigenvalue weighted by atomic mass is 10.2. The Morgan fingerprint density at radius 3 is 2.74 bits per heavy atom. The molecule has 23 heavy (non-hydrogen) atoms. The molecule has 0 radical (unpaired) electrons. The molecule has 3 heterocycles. The Bertz CT molecular complexity index is 746. The van der Waals surface area contributed by atoms with Crippen LogP contribution in [0.25, 0.3) is 11.3 Å². The van der Waals surface area contributed by atoms with Crippen LogP contribution in [0.4, 0.5) is 11.8 Å². The van der Waals surface area contributed by atoms with Gasteiger partial charge in [0.1, 0.15) is 5.82 Å². The van der Waals surface area contributed by atoms with Crippen molar-refractivity contribution in [3.63, 3.8) is 0 Å². The van der Waals surface area contributed by atoms with Gasteiger partial charge in [-0.1, -0.05) is 6.07 Å². The van der Waals surface area contributed by atoms with Crippen LogP contribution < -0.4 is 10.6 Å². The van der Waals surface area contributed by atoms with E-state index in [0.717, 1.165) is 35.7 Å². The zero-order chi connectivity index (χ0) is 15.9. The fourth-order valence-electron chi connectivity index (χ4n) is 2.18. The molecule has 6 nitrogen and oxygen atoms in total. The average molecular weight is 306 g/mol. The quantitative estimate of drug-likeness (QED) is 0.729. The average Bonchev–Trinajstić information content (AvgIpc) is 2.63. The van der Waals surface area contributed by atoms with Gasteiger partial charge in [-0.15, -0.1) is 0 Å². The monoisotopic (exact) mass is 306 g/mol. The second-order valence-electron chi connectivity index (χ2n) is 4.95. The summed E-state index contributed by atoms with van der Waals surface area (Å²) < 4.78 is 0. The van der Waals surface area contributed by atoms with Crippen molar-refractivity contribution in [3.8, 4) is 11.3 Å². The zero-order valence-corrected chi connectivity index (χ0v) is 12.9. The van der Waals surface area contributed by atoms with Crippen molar-refractivity contribution < 1.29 is 0 Å². The van der Waals surface area contributed by atoms with Gasteiger partial charge < -0.3 is 10.6 Å². The van der Waals surface area contributed by atoms with E-state index >= 15 is 0 Å². The predicted octanol–water partition coefficient (Wildman–Crippen LogP) is 2.63. The molecule has 0 aromatic carbocycles.